The van der Waals surface area contributed by atoms with Crippen molar-refractivity contribution in [1.82, 2.24) is 9.80 Å². The summed E-state index contributed by atoms with van der Waals surface area (Å²) in [5.74, 6) is -0.963. The third kappa shape index (κ3) is 4.83. The van der Waals surface area contributed by atoms with Crippen molar-refractivity contribution < 1.29 is 24.4 Å². The van der Waals surface area contributed by atoms with E-state index in [2.05, 4.69) is 18.7 Å². The van der Waals surface area contributed by atoms with Crippen LogP contribution in [0, 0.1) is 10.1 Å². The molecule has 2 aromatic carbocycles. The molecule has 4 rings (SSSR count). The molecule has 2 aliphatic heterocycles. The molecule has 36 heavy (non-hydrogen) atoms. The molecule has 0 saturated carbocycles. The second-order valence-corrected chi connectivity index (χ2v) is 9.18. The highest BCUT2D eigenvalue weighted by molar-refractivity contribution is 6.46. The molecule has 0 spiro atoms. The number of hydrogen-bond donors (Lipinski definition) is 1. The van der Waals surface area contributed by atoms with E-state index >= 15 is 0 Å². The minimum absolute atomic E-state index is 0.0105. The molecule has 1 N–H and O–H groups in total. The molecule has 0 bridgehead atoms. The van der Waals surface area contributed by atoms with Crippen molar-refractivity contribution in [2.75, 3.05) is 26.2 Å². The summed E-state index contributed by atoms with van der Waals surface area (Å²) in [5.41, 5.74) is 1.78. The molecule has 2 aliphatic rings. The van der Waals surface area contributed by atoms with E-state index < -0.39 is 22.7 Å². The van der Waals surface area contributed by atoms with Gasteiger partial charge in [0.15, 0.2) is 0 Å². The van der Waals surface area contributed by atoms with Crippen LogP contribution in [0.1, 0.15) is 49.9 Å². The fraction of sp³-hybridized carbons (Fsp3) is 0.407. The SMILES string of the molecule is CCN(CC)CCCN1C(=O)C(=O)/C(=C(/O)c2ccc3c(c2)C[C@H](C)O3)[C@H]1c1ccc([N+](=O)[O-])cc1. The molecule has 0 aliphatic carbocycles. The number of carbonyl (C=O) groups excluding carboxylic acids is 2. The average Bonchev–Trinajstić information content (AvgIpc) is 3.37. The van der Waals surface area contributed by atoms with Gasteiger partial charge in [-0.3, -0.25) is 19.7 Å². The van der Waals surface area contributed by atoms with Gasteiger partial charge >= 0.3 is 0 Å². The van der Waals surface area contributed by atoms with Gasteiger partial charge in [0, 0.05) is 30.7 Å². The number of nitrogens with zero attached hydrogens (tertiary/aromatic N) is 3. The van der Waals surface area contributed by atoms with Crippen molar-refractivity contribution >= 4 is 23.1 Å². The molecule has 1 fully saturated rings. The van der Waals surface area contributed by atoms with E-state index in [9.17, 15) is 24.8 Å². The van der Waals surface area contributed by atoms with Crippen molar-refractivity contribution in [3.8, 4) is 5.75 Å². The lowest BCUT2D eigenvalue weighted by molar-refractivity contribution is -0.384. The molecule has 190 valence electrons. The number of Topliss-reactive ketones (excluding diaryl/α,β-unsaturated/α-hetero) is 1. The number of likely N-dealkylation sites (tertiary alicyclic amines) is 1. The zero-order valence-electron chi connectivity index (χ0n) is 20.8. The van der Waals surface area contributed by atoms with Gasteiger partial charge in [0.05, 0.1) is 16.5 Å². The molecule has 0 radical (unpaired) electrons. The number of hydrogen-bond acceptors (Lipinski definition) is 7. The molecule has 1 saturated heterocycles. The Labute approximate surface area is 210 Å². The third-order valence-corrected chi connectivity index (χ3v) is 6.90. The number of aliphatic hydroxyl groups is 1. The number of amides is 1. The van der Waals surface area contributed by atoms with Crippen LogP contribution in [0.15, 0.2) is 48.0 Å². The van der Waals surface area contributed by atoms with Crippen molar-refractivity contribution in [2.45, 2.75) is 45.8 Å². The topological polar surface area (TPSA) is 113 Å². The first kappa shape index (κ1) is 25.4. The standard InChI is InChI=1S/C27H31N3O6/c1-4-28(5-2)13-6-14-29-24(18-7-10-21(11-8-18)30(34)35)23(26(32)27(29)33)25(31)19-9-12-22-20(16-19)15-17(3)36-22/h7-12,16-17,24,31H,4-6,13-15H2,1-3H3/b25-23+/t17-,24+/m0/s1. The van der Waals surface area contributed by atoms with Gasteiger partial charge in [-0.1, -0.05) is 13.8 Å². The molecule has 9 nitrogen and oxygen atoms in total. The van der Waals surface area contributed by atoms with Crippen LogP contribution in [-0.4, -0.2) is 63.8 Å². The molecule has 0 aromatic heterocycles. The molecule has 2 aromatic rings. The third-order valence-electron chi connectivity index (χ3n) is 6.90. The maximum Gasteiger partial charge on any atom is 0.295 e. The van der Waals surface area contributed by atoms with E-state index in [0.29, 0.717) is 30.5 Å². The molecular weight excluding hydrogens is 462 g/mol. The van der Waals surface area contributed by atoms with Crippen LogP contribution < -0.4 is 4.74 Å². The van der Waals surface area contributed by atoms with Crippen LogP contribution in [0.2, 0.25) is 0 Å². The lowest BCUT2D eigenvalue weighted by Gasteiger charge is -2.26. The Hall–Kier alpha value is -3.72. The number of aliphatic hydroxyl groups excluding tert-OH is 1. The van der Waals surface area contributed by atoms with E-state index in [1.54, 1.807) is 18.2 Å². The highest BCUT2D eigenvalue weighted by atomic mass is 16.6. The zero-order chi connectivity index (χ0) is 26.0. The number of carbonyl (C=O) groups is 2. The first-order valence-electron chi connectivity index (χ1n) is 12.3. The lowest BCUT2D eigenvalue weighted by Crippen LogP contribution is -2.33. The Morgan fingerprint density at radius 3 is 2.50 bits per heavy atom. The van der Waals surface area contributed by atoms with E-state index in [1.807, 2.05) is 6.92 Å². The quantitative estimate of drug-likeness (QED) is 0.184. The minimum atomic E-state index is -0.842. The summed E-state index contributed by atoms with van der Waals surface area (Å²) >= 11 is 0. The summed E-state index contributed by atoms with van der Waals surface area (Å²) in [6, 6.07) is 10.1. The van der Waals surface area contributed by atoms with Crippen LogP contribution >= 0.6 is 0 Å². The lowest BCUT2D eigenvalue weighted by atomic mass is 9.94. The Morgan fingerprint density at radius 2 is 1.86 bits per heavy atom. The number of fused-ring (bicyclic) bond motifs is 1. The van der Waals surface area contributed by atoms with Gasteiger partial charge < -0.3 is 19.6 Å². The predicted octanol–water partition coefficient (Wildman–Crippen LogP) is 4.07. The Kier molecular flexibility index (Phi) is 7.40. The fourth-order valence-corrected chi connectivity index (χ4v) is 4.96. The van der Waals surface area contributed by atoms with Crippen molar-refractivity contribution in [1.29, 1.82) is 0 Å². The van der Waals surface area contributed by atoms with Crippen LogP contribution in [0.3, 0.4) is 0 Å². The van der Waals surface area contributed by atoms with Gasteiger partial charge in [0.25, 0.3) is 17.4 Å². The average molecular weight is 494 g/mol. The maximum atomic E-state index is 13.2. The Morgan fingerprint density at radius 1 is 1.17 bits per heavy atom. The first-order chi connectivity index (χ1) is 17.2. The van der Waals surface area contributed by atoms with Gasteiger partial charge in [0.1, 0.15) is 17.6 Å². The summed E-state index contributed by atoms with van der Waals surface area (Å²) in [6.07, 6.45) is 1.35. The Bertz CT molecular complexity index is 1200. The predicted molar refractivity (Wildman–Crippen MR) is 135 cm³/mol. The van der Waals surface area contributed by atoms with Crippen molar-refractivity contribution in [3.63, 3.8) is 0 Å². The molecule has 9 heteroatoms. The number of nitro groups is 1. The number of ether oxygens (including phenoxy) is 1. The second kappa shape index (κ2) is 10.5. The van der Waals surface area contributed by atoms with Crippen LogP contribution in [0.5, 0.6) is 5.75 Å². The van der Waals surface area contributed by atoms with Gasteiger partial charge in [-0.2, -0.15) is 0 Å². The van der Waals surface area contributed by atoms with Gasteiger partial charge in [0.2, 0.25) is 0 Å². The van der Waals surface area contributed by atoms with E-state index in [0.717, 1.165) is 30.9 Å². The summed E-state index contributed by atoms with van der Waals surface area (Å²) < 4.78 is 5.74. The fourth-order valence-electron chi connectivity index (χ4n) is 4.96. The number of ketones is 1. The highest BCUT2D eigenvalue weighted by Gasteiger charge is 2.46. The van der Waals surface area contributed by atoms with Gasteiger partial charge in [-0.05, 0) is 74.4 Å². The molecular formula is C27H31N3O6. The number of nitro benzene ring substituents is 1. The molecule has 1 amide bonds. The minimum Gasteiger partial charge on any atom is -0.507 e. The summed E-state index contributed by atoms with van der Waals surface area (Å²) in [5, 5.41) is 22.5. The summed E-state index contributed by atoms with van der Waals surface area (Å²) in [6.45, 7) is 8.91. The normalized spacial score (nSPS) is 20.6. The van der Waals surface area contributed by atoms with Crippen molar-refractivity contribution in [3.05, 3.63) is 74.8 Å². The smallest absolute Gasteiger partial charge is 0.295 e. The zero-order valence-corrected chi connectivity index (χ0v) is 20.8. The number of benzene rings is 2. The number of rotatable bonds is 9. The second-order valence-electron chi connectivity index (χ2n) is 9.18. The van der Waals surface area contributed by atoms with E-state index in [-0.39, 0.29) is 23.1 Å². The number of non-ortho nitro benzene ring substituents is 1. The molecule has 2 atom stereocenters. The van der Waals surface area contributed by atoms with Crippen molar-refractivity contribution in [2.24, 2.45) is 0 Å². The largest absolute Gasteiger partial charge is 0.507 e. The highest BCUT2D eigenvalue weighted by Crippen LogP contribution is 2.41. The van der Waals surface area contributed by atoms with Crippen LogP contribution in [-0.2, 0) is 16.0 Å². The van der Waals surface area contributed by atoms with Crippen LogP contribution in [0.4, 0.5) is 5.69 Å². The molecule has 0 unspecified atom stereocenters. The summed E-state index contributed by atoms with van der Waals surface area (Å²) in [4.78, 5) is 40.7. The van der Waals surface area contributed by atoms with Gasteiger partial charge in [-0.25, -0.2) is 0 Å². The van der Waals surface area contributed by atoms with E-state index in [1.165, 1.54) is 29.2 Å². The van der Waals surface area contributed by atoms with E-state index in [4.69, 9.17) is 4.74 Å². The monoisotopic (exact) mass is 493 g/mol. The summed E-state index contributed by atoms with van der Waals surface area (Å²) in [7, 11) is 0. The Balaban J connectivity index is 1.74. The van der Waals surface area contributed by atoms with Crippen LogP contribution in [0.25, 0.3) is 5.76 Å². The molecule has 2 heterocycles. The first-order valence-corrected chi connectivity index (χ1v) is 12.3. The maximum absolute atomic E-state index is 13.2. The van der Waals surface area contributed by atoms with Gasteiger partial charge in [-0.15, -0.1) is 0 Å².